The van der Waals surface area contributed by atoms with E-state index in [2.05, 4.69) is 0 Å². The zero-order chi connectivity index (χ0) is 10.7. The van der Waals surface area contributed by atoms with E-state index >= 15 is 0 Å². The SMILES string of the molecule is Cc1ccc(S(=O)C(C)CN)cc1C. The van der Waals surface area contributed by atoms with Crippen molar-refractivity contribution in [2.45, 2.75) is 30.9 Å². The van der Waals surface area contributed by atoms with Crippen molar-refractivity contribution in [3.05, 3.63) is 29.3 Å². The molecule has 0 radical (unpaired) electrons. The van der Waals surface area contributed by atoms with Gasteiger partial charge in [-0.1, -0.05) is 6.07 Å². The average Bonchev–Trinajstić information content (AvgIpc) is 2.20. The molecule has 2 nitrogen and oxygen atoms in total. The maximum atomic E-state index is 11.9. The van der Waals surface area contributed by atoms with E-state index in [9.17, 15) is 4.21 Å². The van der Waals surface area contributed by atoms with Gasteiger partial charge in [0.2, 0.25) is 0 Å². The summed E-state index contributed by atoms with van der Waals surface area (Å²) in [5, 5.41) is 0.0251. The first-order chi connectivity index (χ1) is 6.56. The van der Waals surface area contributed by atoms with Crippen LogP contribution in [0.3, 0.4) is 0 Å². The predicted octanol–water partition coefficient (Wildman–Crippen LogP) is 1.76. The molecule has 0 heterocycles. The van der Waals surface area contributed by atoms with Crippen LogP contribution in [0, 0.1) is 13.8 Å². The predicted molar refractivity (Wildman–Crippen MR) is 60.8 cm³/mol. The molecule has 0 aliphatic carbocycles. The lowest BCUT2D eigenvalue weighted by atomic mass is 10.1. The summed E-state index contributed by atoms with van der Waals surface area (Å²) in [7, 11) is -0.972. The molecule has 2 atom stereocenters. The summed E-state index contributed by atoms with van der Waals surface area (Å²) >= 11 is 0. The fraction of sp³-hybridized carbons (Fsp3) is 0.455. The molecule has 1 rings (SSSR count). The molecule has 2 N–H and O–H groups in total. The van der Waals surface area contributed by atoms with Gasteiger partial charge in [-0.2, -0.15) is 0 Å². The van der Waals surface area contributed by atoms with Gasteiger partial charge in [-0.25, -0.2) is 0 Å². The molecule has 0 bridgehead atoms. The molecule has 78 valence electrons. The maximum Gasteiger partial charge on any atom is 0.0570 e. The summed E-state index contributed by atoms with van der Waals surface area (Å²) < 4.78 is 11.9. The van der Waals surface area contributed by atoms with Crippen LogP contribution in [0.15, 0.2) is 23.1 Å². The highest BCUT2D eigenvalue weighted by Crippen LogP contribution is 2.15. The standard InChI is InChI=1S/C11H17NOS/c1-8-4-5-11(6-9(8)2)14(13)10(3)7-12/h4-6,10H,7,12H2,1-3H3. The Labute approximate surface area is 88.0 Å². The van der Waals surface area contributed by atoms with Gasteiger partial charge in [0.25, 0.3) is 0 Å². The Morgan fingerprint density at radius 3 is 2.50 bits per heavy atom. The molecule has 0 aliphatic rings. The van der Waals surface area contributed by atoms with Crippen LogP contribution >= 0.6 is 0 Å². The first kappa shape index (κ1) is 11.4. The van der Waals surface area contributed by atoms with Gasteiger partial charge in [0.15, 0.2) is 0 Å². The van der Waals surface area contributed by atoms with Crippen LogP contribution in [-0.4, -0.2) is 16.0 Å². The van der Waals surface area contributed by atoms with Crippen LogP contribution in [0.25, 0.3) is 0 Å². The molecule has 0 amide bonds. The Hall–Kier alpha value is -0.670. The number of aryl methyl sites for hydroxylation is 2. The molecule has 0 fully saturated rings. The van der Waals surface area contributed by atoms with Gasteiger partial charge in [0.1, 0.15) is 0 Å². The summed E-state index contributed by atoms with van der Waals surface area (Å²) in [6, 6.07) is 5.91. The van der Waals surface area contributed by atoms with Gasteiger partial charge in [0, 0.05) is 16.7 Å². The first-order valence-corrected chi connectivity index (χ1v) is 5.95. The first-order valence-electron chi connectivity index (χ1n) is 4.74. The second kappa shape index (κ2) is 4.71. The molecule has 1 aromatic rings. The summed E-state index contributed by atoms with van der Waals surface area (Å²) in [5.41, 5.74) is 7.89. The van der Waals surface area contributed by atoms with Crippen LogP contribution in [0.5, 0.6) is 0 Å². The maximum absolute atomic E-state index is 11.9. The molecule has 14 heavy (non-hydrogen) atoms. The topological polar surface area (TPSA) is 43.1 Å². The van der Waals surface area contributed by atoms with Crippen LogP contribution in [0.2, 0.25) is 0 Å². The van der Waals surface area contributed by atoms with Crippen molar-refractivity contribution in [1.82, 2.24) is 0 Å². The number of nitrogens with two attached hydrogens (primary N) is 1. The van der Waals surface area contributed by atoms with E-state index in [0.717, 1.165) is 4.90 Å². The normalized spacial score (nSPS) is 15.1. The van der Waals surface area contributed by atoms with E-state index < -0.39 is 10.8 Å². The summed E-state index contributed by atoms with van der Waals surface area (Å²) in [6.07, 6.45) is 0. The van der Waals surface area contributed by atoms with Gasteiger partial charge in [-0.15, -0.1) is 0 Å². The zero-order valence-electron chi connectivity index (χ0n) is 8.91. The second-order valence-electron chi connectivity index (χ2n) is 3.59. The Morgan fingerprint density at radius 2 is 2.00 bits per heavy atom. The van der Waals surface area contributed by atoms with E-state index in [1.807, 2.05) is 39.0 Å². The summed E-state index contributed by atoms with van der Waals surface area (Å²) in [6.45, 7) is 6.45. The lowest BCUT2D eigenvalue weighted by Crippen LogP contribution is -2.21. The minimum absolute atomic E-state index is 0.0251. The largest absolute Gasteiger partial charge is 0.329 e. The van der Waals surface area contributed by atoms with Crippen molar-refractivity contribution >= 4 is 10.8 Å². The number of hydrogen-bond acceptors (Lipinski definition) is 2. The quantitative estimate of drug-likeness (QED) is 0.828. The summed E-state index contributed by atoms with van der Waals surface area (Å²) in [5.74, 6) is 0. The third-order valence-corrected chi connectivity index (χ3v) is 4.05. The Bertz CT molecular complexity index is 349. The Morgan fingerprint density at radius 1 is 1.36 bits per heavy atom. The second-order valence-corrected chi connectivity index (χ2v) is 5.46. The monoisotopic (exact) mass is 211 g/mol. The number of hydrogen-bond donors (Lipinski definition) is 1. The van der Waals surface area contributed by atoms with E-state index in [-0.39, 0.29) is 5.25 Å². The molecule has 1 aromatic carbocycles. The molecule has 0 saturated carbocycles. The molecule has 0 aromatic heterocycles. The fourth-order valence-electron chi connectivity index (χ4n) is 1.16. The average molecular weight is 211 g/mol. The van der Waals surface area contributed by atoms with Crippen molar-refractivity contribution in [2.75, 3.05) is 6.54 Å². The van der Waals surface area contributed by atoms with Crippen molar-refractivity contribution < 1.29 is 4.21 Å². The molecule has 0 saturated heterocycles. The van der Waals surface area contributed by atoms with Crippen LogP contribution in [0.1, 0.15) is 18.1 Å². The van der Waals surface area contributed by atoms with E-state index in [1.54, 1.807) is 0 Å². The van der Waals surface area contributed by atoms with Gasteiger partial charge in [0.05, 0.1) is 10.8 Å². The number of rotatable bonds is 3. The van der Waals surface area contributed by atoms with Gasteiger partial charge < -0.3 is 5.73 Å². The highest BCUT2D eigenvalue weighted by Gasteiger charge is 2.11. The van der Waals surface area contributed by atoms with Crippen LogP contribution in [-0.2, 0) is 10.8 Å². The van der Waals surface area contributed by atoms with Crippen molar-refractivity contribution in [1.29, 1.82) is 0 Å². The summed E-state index contributed by atoms with van der Waals surface area (Å²) in [4.78, 5) is 0.881. The van der Waals surface area contributed by atoms with E-state index in [1.165, 1.54) is 11.1 Å². The third kappa shape index (κ3) is 2.42. The van der Waals surface area contributed by atoms with Gasteiger partial charge in [-0.05, 0) is 44.0 Å². The zero-order valence-corrected chi connectivity index (χ0v) is 9.73. The van der Waals surface area contributed by atoms with Crippen molar-refractivity contribution in [3.8, 4) is 0 Å². The van der Waals surface area contributed by atoms with Gasteiger partial charge in [-0.3, -0.25) is 4.21 Å². The van der Waals surface area contributed by atoms with E-state index in [0.29, 0.717) is 6.54 Å². The van der Waals surface area contributed by atoms with Gasteiger partial charge >= 0.3 is 0 Å². The third-order valence-electron chi connectivity index (χ3n) is 2.41. The molecule has 0 aliphatic heterocycles. The van der Waals surface area contributed by atoms with Crippen LogP contribution in [0.4, 0.5) is 0 Å². The Balaban J connectivity index is 2.97. The molecule has 2 unspecified atom stereocenters. The van der Waals surface area contributed by atoms with Crippen molar-refractivity contribution in [2.24, 2.45) is 5.73 Å². The fourth-order valence-corrected chi connectivity index (χ4v) is 2.29. The minimum Gasteiger partial charge on any atom is -0.329 e. The minimum atomic E-state index is -0.972. The highest BCUT2D eigenvalue weighted by molar-refractivity contribution is 7.85. The van der Waals surface area contributed by atoms with Crippen molar-refractivity contribution in [3.63, 3.8) is 0 Å². The van der Waals surface area contributed by atoms with E-state index in [4.69, 9.17) is 5.73 Å². The lowest BCUT2D eigenvalue weighted by Gasteiger charge is -2.10. The Kier molecular flexibility index (Phi) is 3.84. The molecular formula is C11H17NOS. The lowest BCUT2D eigenvalue weighted by molar-refractivity contribution is 0.673. The highest BCUT2D eigenvalue weighted by atomic mass is 32.2. The van der Waals surface area contributed by atoms with Crippen LogP contribution < -0.4 is 5.73 Å². The smallest absolute Gasteiger partial charge is 0.0570 e. The molecule has 3 heteroatoms. The molecule has 0 spiro atoms. The molecular weight excluding hydrogens is 194 g/mol. The number of benzene rings is 1.